The quantitative estimate of drug-likeness (QED) is 0.784. The molecule has 1 fully saturated rings. The summed E-state index contributed by atoms with van der Waals surface area (Å²) in [4.78, 5) is 25.4. The highest BCUT2D eigenvalue weighted by atomic mass is 32.1. The van der Waals surface area contributed by atoms with Crippen LogP contribution >= 0.6 is 11.3 Å². The van der Waals surface area contributed by atoms with Crippen LogP contribution in [0.15, 0.2) is 36.1 Å². The number of aromatic nitrogens is 3. The van der Waals surface area contributed by atoms with Gasteiger partial charge in [-0.2, -0.15) is 0 Å². The lowest BCUT2D eigenvalue weighted by Gasteiger charge is -2.33. The van der Waals surface area contributed by atoms with Crippen LogP contribution in [0.3, 0.4) is 0 Å². The fourth-order valence-corrected chi connectivity index (χ4v) is 3.27. The highest BCUT2D eigenvalue weighted by Crippen LogP contribution is 2.42. The molecule has 0 unspecified atom stereocenters. The molecule has 0 atom stereocenters. The lowest BCUT2D eigenvalue weighted by atomic mass is 9.81. The number of benzene rings is 1. The molecule has 3 aromatic rings. The van der Waals surface area contributed by atoms with Crippen molar-refractivity contribution in [3.05, 3.63) is 36.1 Å². The van der Waals surface area contributed by atoms with E-state index in [0.29, 0.717) is 5.52 Å². The molecule has 1 saturated carbocycles. The Morgan fingerprint density at radius 1 is 1.29 bits per heavy atom. The van der Waals surface area contributed by atoms with E-state index in [-0.39, 0.29) is 5.95 Å². The molecule has 0 spiro atoms. The Labute approximate surface area is 139 Å². The number of thiazole rings is 1. The van der Waals surface area contributed by atoms with Crippen molar-refractivity contribution in [1.82, 2.24) is 15.0 Å². The molecule has 2 heterocycles. The van der Waals surface area contributed by atoms with Crippen LogP contribution < -0.4 is 5.32 Å². The van der Waals surface area contributed by atoms with Gasteiger partial charge in [-0.05, 0) is 11.6 Å². The highest BCUT2D eigenvalue weighted by Gasteiger charge is 2.48. The van der Waals surface area contributed by atoms with Crippen molar-refractivity contribution in [2.24, 2.45) is 5.92 Å². The third-order valence-corrected chi connectivity index (χ3v) is 4.82. The molecule has 0 saturated heterocycles. The normalized spacial score (nSPS) is 16.8. The number of anilines is 1. The minimum atomic E-state index is -2.73. The van der Waals surface area contributed by atoms with Crippen molar-refractivity contribution in [1.29, 1.82) is 0 Å². The standard InChI is InChI=1S/C16H12F2N4OS/c17-16(18)4-11(5-16)14(23)22-15-20-6-10-2-1-9(3-12(10)21-15)13-7-19-8-24-13/h1-3,6-8,11H,4-5H2,(H,20,21,22,23). The number of carbonyl (C=O) groups is 1. The van der Waals surface area contributed by atoms with Crippen molar-refractivity contribution in [2.75, 3.05) is 5.32 Å². The van der Waals surface area contributed by atoms with E-state index >= 15 is 0 Å². The molecule has 1 N–H and O–H groups in total. The number of alkyl halides is 2. The lowest BCUT2D eigenvalue weighted by Crippen LogP contribution is -2.42. The van der Waals surface area contributed by atoms with Crippen molar-refractivity contribution in [3.8, 4) is 10.4 Å². The fraction of sp³-hybridized carbons (Fsp3) is 0.250. The Kier molecular flexibility index (Phi) is 3.49. The zero-order valence-corrected chi connectivity index (χ0v) is 13.2. The maximum absolute atomic E-state index is 12.9. The smallest absolute Gasteiger partial charge is 0.249 e. The Morgan fingerprint density at radius 3 is 2.83 bits per heavy atom. The largest absolute Gasteiger partial charge is 0.294 e. The van der Waals surface area contributed by atoms with Crippen LogP contribution in [-0.2, 0) is 4.79 Å². The van der Waals surface area contributed by atoms with Crippen LogP contribution in [0, 0.1) is 5.92 Å². The average molecular weight is 346 g/mol. The summed E-state index contributed by atoms with van der Waals surface area (Å²) in [6, 6.07) is 5.73. The molecule has 1 aliphatic rings. The molecule has 0 aliphatic heterocycles. The van der Waals surface area contributed by atoms with E-state index in [2.05, 4.69) is 20.3 Å². The number of nitrogens with one attached hydrogen (secondary N) is 1. The summed E-state index contributed by atoms with van der Waals surface area (Å²) in [5.41, 5.74) is 3.39. The van der Waals surface area contributed by atoms with Crippen LogP contribution in [0.25, 0.3) is 21.3 Å². The molecular formula is C16H12F2N4OS. The second kappa shape index (κ2) is 5.55. The third kappa shape index (κ3) is 2.84. The van der Waals surface area contributed by atoms with Gasteiger partial charge in [0.15, 0.2) is 0 Å². The number of carbonyl (C=O) groups excluding carboxylic acids is 1. The summed E-state index contributed by atoms with van der Waals surface area (Å²) in [5, 5.41) is 3.35. The molecule has 4 rings (SSSR count). The van der Waals surface area contributed by atoms with Crippen molar-refractivity contribution in [3.63, 3.8) is 0 Å². The summed E-state index contributed by atoms with van der Waals surface area (Å²) in [6.45, 7) is 0. The molecular weight excluding hydrogens is 334 g/mol. The molecule has 122 valence electrons. The van der Waals surface area contributed by atoms with E-state index in [1.165, 1.54) is 11.3 Å². The monoisotopic (exact) mass is 346 g/mol. The lowest BCUT2D eigenvalue weighted by molar-refractivity contribution is -0.145. The molecule has 0 radical (unpaired) electrons. The van der Waals surface area contributed by atoms with Crippen LogP contribution in [0.4, 0.5) is 14.7 Å². The van der Waals surface area contributed by atoms with Crippen molar-refractivity contribution >= 4 is 34.1 Å². The van der Waals surface area contributed by atoms with Gasteiger partial charge in [0.25, 0.3) is 0 Å². The van der Waals surface area contributed by atoms with Gasteiger partial charge in [0.2, 0.25) is 17.8 Å². The first-order chi connectivity index (χ1) is 11.5. The predicted molar refractivity (Wildman–Crippen MR) is 86.9 cm³/mol. The predicted octanol–water partition coefficient (Wildman–Crippen LogP) is 3.74. The fourth-order valence-electron chi connectivity index (χ4n) is 2.65. The van der Waals surface area contributed by atoms with Gasteiger partial charge in [0.1, 0.15) is 0 Å². The van der Waals surface area contributed by atoms with Gasteiger partial charge in [-0.1, -0.05) is 12.1 Å². The van der Waals surface area contributed by atoms with Gasteiger partial charge >= 0.3 is 0 Å². The second-order valence-electron chi connectivity index (χ2n) is 5.78. The van der Waals surface area contributed by atoms with Gasteiger partial charge in [-0.3, -0.25) is 15.1 Å². The summed E-state index contributed by atoms with van der Waals surface area (Å²) < 4.78 is 25.7. The van der Waals surface area contributed by atoms with E-state index in [1.54, 1.807) is 17.9 Å². The van der Waals surface area contributed by atoms with Gasteiger partial charge in [-0.15, -0.1) is 11.3 Å². The van der Waals surface area contributed by atoms with E-state index in [9.17, 15) is 13.6 Å². The third-order valence-electron chi connectivity index (χ3n) is 4.00. The van der Waals surface area contributed by atoms with Crippen molar-refractivity contribution < 1.29 is 13.6 Å². The first kappa shape index (κ1) is 15.1. The van der Waals surface area contributed by atoms with Crippen LogP contribution in [0.1, 0.15) is 12.8 Å². The molecule has 1 amide bonds. The first-order valence-electron chi connectivity index (χ1n) is 7.34. The van der Waals surface area contributed by atoms with Gasteiger partial charge in [0, 0.05) is 36.5 Å². The molecule has 24 heavy (non-hydrogen) atoms. The SMILES string of the molecule is O=C(Nc1ncc2ccc(-c3cncs3)cc2n1)C1CC(F)(F)C1. The molecule has 1 aromatic carbocycles. The Morgan fingerprint density at radius 2 is 2.12 bits per heavy atom. The van der Waals surface area contributed by atoms with Crippen LogP contribution in [0.2, 0.25) is 0 Å². The van der Waals surface area contributed by atoms with Crippen LogP contribution in [0.5, 0.6) is 0 Å². The second-order valence-corrected chi connectivity index (χ2v) is 6.67. The van der Waals surface area contributed by atoms with Gasteiger partial charge in [-0.25, -0.2) is 18.7 Å². The molecule has 8 heteroatoms. The number of nitrogens with zero attached hydrogens (tertiary/aromatic N) is 3. The summed E-state index contributed by atoms with van der Waals surface area (Å²) in [5.74, 6) is -3.73. The van der Waals surface area contributed by atoms with Gasteiger partial charge < -0.3 is 0 Å². The Bertz CT molecular complexity index is 906. The molecule has 1 aliphatic carbocycles. The van der Waals surface area contributed by atoms with E-state index in [0.717, 1.165) is 15.8 Å². The first-order valence-corrected chi connectivity index (χ1v) is 8.22. The van der Waals surface area contributed by atoms with Crippen LogP contribution in [-0.4, -0.2) is 26.8 Å². The topological polar surface area (TPSA) is 67.8 Å². The zero-order chi connectivity index (χ0) is 16.7. The number of amides is 1. The summed E-state index contributed by atoms with van der Waals surface area (Å²) >= 11 is 1.52. The molecule has 2 aromatic heterocycles. The minimum absolute atomic E-state index is 0.129. The number of hydrogen-bond acceptors (Lipinski definition) is 5. The average Bonchev–Trinajstić information content (AvgIpc) is 3.06. The minimum Gasteiger partial charge on any atom is -0.294 e. The number of fused-ring (bicyclic) bond motifs is 1. The van der Waals surface area contributed by atoms with E-state index < -0.39 is 30.6 Å². The zero-order valence-electron chi connectivity index (χ0n) is 12.4. The number of rotatable bonds is 3. The maximum atomic E-state index is 12.9. The summed E-state index contributed by atoms with van der Waals surface area (Å²) in [7, 11) is 0. The van der Waals surface area contributed by atoms with Gasteiger partial charge in [0.05, 0.1) is 15.9 Å². The summed E-state index contributed by atoms with van der Waals surface area (Å²) in [6.07, 6.45) is 2.54. The van der Waals surface area contributed by atoms with Crippen molar-refractivity contribution in [2.45, 2.75) is 18.8 Å². The number of halogens is 2. The Hall–Kier alpha value is -2.48. The van der Waals surface area contributed by atoms with E-state index in [1.807, 2.05) is 18.2 Å². The molecule has 5 nitrogen and oxygen atoms in total. The number of hydrogen-bond donors (Lipinski definition) is 1. The Balaban J connectivity index is 1.57. The maximum Gasteiger partial charge on any atom is 0.249 e. The van der Waals surface area contributed by atoms with E-state index in [4.69, 9.17) is 0 Å². The molecule has 0 bridgehead atoms. The highest BCUT2D eigenvalue weighted by molar-refractivity contribution is 7.13.